The molecule has 1 unspecified atom stereocenters. The number of allylic oxidation sites excluding steroid dienone is 9. The van der Waals surface area contributed by atoms with Crippen LogP contribution in [0.25, 0.3) is 0 Å². The van der Waals surface area contributed by atoms with Crippen LogP contribution in [0, 0.1) is 35.0 Å². The third kappa shape index (κ3) is 15.2. The van der Waals surface area contributed by atoms with E-state index in [1.807, 2.05) is 0 Å². The molecule has 3 fully saturated rings. The predicted octanol–water partition coefficient (Wildman–Crippen LogP) is 14.0. The zero-order chi connectivity index (χ0) is 34.8. The normalized spacial score (nSPS) is 26.8. The van der Waals surface area contributed by atoms with Crippen molar-refractivity contribution in [2.24, 2.45) is 35.0 Å². The van der Waals surface area contributed by atoms with Crippen LogP contribution in [0.15, 0.2) is 59.8 Å². The van der Waals surface area contributed by atoms with Crippen LogP contribution in [0.3, 0.4) is 0 Å². The van der Waals surface area contributed by atoms with E-state index < -0.39 is 0 Å². The molecule has 0 radical (unpaired) electrons. The van der Waals surface area contributed by atoms with Crippen LogP contribution in [-0.4, -0.2) is 31.3 Å². The fourth-order valence-electron chi connectivity index (χ4n) is 9.45. The Kier molecular flexibility index (Phi) is 21.1. The smallest absolute Gasteiger partial charge is 0.136 e. The van der Waals surface area contributed by atoms with E-state index in [1.54, 1.807) is 5.57 Å². The van der Waals surface area contributed by atoms with E-state index in [9.17, 15) is 4.79 Å². The number of rotatable bonds is 22. The van der Waals surface area contributed by atoms with Gasteiger partial charge in [0.1, 0.15) is 5.78 Å². The van der Waals surface area contributed by atoms with Gasteiger partial charge in [-0.3, -0.25) is 4.79 Å². The molecule has 3 aliphatic carbocycles. The SMILES string of the molecule is C.C=C1CC[C@H](C(=O)CCCCCC/C=C/C/C=C\CCCCCN(C)C)C/C1=C\C=C1/CCC[C@@]2(C)C1CC[C@@H]2[C@H](C)CCCC(C)C. The third-order valence-electron chi connectivity index (χ3n) is 12.5. The molecule has 0 spiro atoms. The Morgan fingerprint density at radius 3 is 2.24 bits per heavy atom. The van der Waals surface area contributed by atoms with E-state index in [4.69, 9.17) is 0 Å². The van der Waals surface area contributed by atoms with Crippen molar-refractivity contribution >= 4 is 5.78 Å². The quantitative estimate of drug-likeness (QED) is 0.0841. The Bertz CT molecular complexity index is 1070. The minimum Gasteiger partial charge on any atom is -0.309 e. The van der Waals surface area contributed by atoms with E-state index in [0.717, 1.165) is 62.2 Å². The second-order valence-corrected chi connectivity index (χ2v) is 17.1. The van der Waals surface area contributed by atoms with Crippen LogP contribution in [0.4, 0.5) is 0 Å². The van der Waals surface area contributed by atoms with Crippen LogP contribution in [0.5, 0.6) is 0 Å². The molecule has 2 nitrogen and oxygen atoms in total. The highest BCUT2D eigenvalue weighted by molar-refractivity contribution is 5.81. The molecule has 0 aromatic heterocycles. The minimum absolute atomic E-state index is 0. The summed E-state index contributed by atoms with van der Waals surface area (Å²) in [6.07, 6.45) is 40.9. The Morgan fingerprint density at radius 1 is 0.857 bits per heavy atom. The fourth-order valence-corrected chi connectivity index (χ4v) is 9.45. The van der Waals surface area contributed by atoms with Crippen molar-refractivity contribution in [1.29, 1.82) is 0 Å². The minimum atomic E-state index is 0. The Hall–Kier alpha value is -1.67. The topological polar surface area (TPSA) is 20.3 Å². The number of hydrogen-bond donors (Lipinski definition) is 0. The molecule has 3 saturated carbocycles. The van der Waals surface area contributed by atoms with Gasteiger partial charge in [0, 0.05) is 12.3 Å². The van der Waals surface area contributed by atoms with Gasteiger partial charge in [-0.1, -0.05) is 128 Å². The van der Waals surface area contributed by atoms with Crippen LogP contribution >= 0.6 is 0 Å². The lowest BCUT2D eigenvalue weighted by molar-refractivity contribution is -0.123. The monoisotopic (exact) mass is 676 g/mol. The summed E-state index contributed by atoms with van der Waals surface area (Å²) in [5, 5.41) is 0. The molecule has 0 aliphatic heterocycles. The second kappa shape index (κ2) is 23.7. The first kappa shape index (κ1) is 43.5. The second-order valence-electron chi connectivity index (χ2n) is 17.1. The molecule has 0 aromatic rings. The maximum atomic E-state index is 13.2. The number of ketones is 1. The molecule has 280 valence electrons. The molecule has 0 saturated heterocycles. The van der Waals surface area contributed by atoms with Gasteiger partial charge in [-0.25, -0.2) is 0 Å². The molecule has 3 aliphatic rings. The molecule has 5 atom stereocenters. The van der Waals surface area contributed by atoms with Crippen molar-refractivity contribution in [1.82, 2.24) is 4.90 Å². The van der Waals surface area contributed by atoms with Crippen molar-refractivity contribution in [3.63, 3.8) is 0 Å². The first-order chi connectivity index (χ1) is 23.1. The van der Waals surface area contributed by atoms with Crippen molar-refractivity contribution in [2.75, 3.05) is 20.6 Å². The first-order valence-electron chi connectivity index (χ1n) is 20.7. The highest BCUT2D eigenvalue weighted by Crippen LogP contribution is 2.60. The van der Waals surface area contributed by atoms with Gasteiger partial charge in [0.05, 0.1) is 0 Å². The van der Waals surface area contributed by atoms with Gasteiger partial charge in [0.25, 0.3) is 0 Å². The van der Waals surface area contributed by atoms with Gasteiger partial charge in [0.15, 0.2) is 0 Å². The summed E-state index contributed by atoms with van der Waals surface area (Å²) in [6, 6.07) is 0. The summed E-state index contributed by atoms with van der Waals surface area (Å²) in [5.41, 5.74) is 4.80. The molecule has 49 heavy (non-hydrogen) atoms. The van der Waals surface area contributed by atoms with E-state index >= 15 is 0 Å². The lowest BCUT2D eigenvalue weighted by atomic mass is 9.60. The number of unbranched alkanes of at least 4 members (excludes halogenated alkanes) is 7. The number of nitrogens with zero attached hydrogens (tertiary/aromatic N) is 1. The van der Waals surface area contributed by atoms with Gasteiger partial charge >= 0.3 is 0 Å². The summed E-state index contributed by atoms with van der Waals surface area (Å²) >= 11 is 0. The van der Waals surface area contributed by atoms with Gasteiger partial charge in [-0.2, -0.15) is 0 Å². The van der Waals surface area contributed by atoms with Crippen molar-refractivity contribution in [3.8, 4) is 0 Å². The van der Waals surface area contributed by atoms with E-state index in [-0.39, 0.29) is 13.3 Å². The number of carbonyl (C=O) groups is 1. The maximum Gasteiger partial charge on any atom is 0.136 e. The number of hydrogen-bond acceptors (Lipinski definition) is 2. The third-order valence-corrected chi connectivity index (χ3v) is 12.5. The molecule has 2 heteroatoms. The molecule has 0 heterocycles. The molecule has 0 aromatic carbocycles. The summed E-state index contributed by atoms with van der Waals surface area (Å²) < 4.78 is 0. The van der Waals surface area contributed by atoms with Crippen molar-refractivity contribution < 1.29 is 4.79 Å². The summed E-state index contributed by atoms with van der Waals surface area (Å²) in [4.78, 5) is 15.5. The van der Waals surface area contributed by atoms with E-state index in [0.29, 0.717) is 11.2 Å². The van der Waals surface area contributed by atoms with Crippen molar-refractivity contribution in [2.45, 2.75) is 176 Å². The molecule has 0 bridgehead atoms. The van der Waals surface area contributed by atoms with E-state index in [2.05, 4.69) is 89.7 Å². The van der Waals surface area contributed by atoms with Crippen molar-refractivity contribution in [3.05, 3.63) is 59.8 Å². The molecule has 0 N–H and O–H groups in total. The van der Waals surface area contributed by atoms with Crippen LogP contribution in [0.1, 0.15) is 176 Å². The Labute approximate surface area is 306 Å². The Morgan fingerprint density at radius 2 is 1.55 bits per heavy atom. The largest absolute Gasteiger partial charge is 0.309 e. The highest BCUT2D eigenvalue weighted by Gasteiger charge is 2.50. The van der Waals surface area contributed by atoms with Crippen LogP contribution < -0.4 is 0 Å². The van der Waals surface area contributed by atoms with E-state index in [1.165, 1.54) is 120 Å². The standard InChI is InChI=1S/C46H77NO.CH4/c1-37(2)24-22-25-39(4)43-32-33-44-40(26-23-34-46(43,44)5)30-31-41-36-42(29-28-38(41)3)45(48)27-20-18-16-14-12-10-8-9-11-13-15-17-19-21-35-47(6)7;/h8,10-11,13,30-31,37,39,42-44H,3,9,12,14-29,32-36H2,1-2,4-7H3;1H4/b10-8+,13-11-,40-30+,41-31+;/t39-,42+,43-,44?,46-;/m1./s1. The van der Waals surface area contributed by atoms with Gasteiger partial charge in [0.2, 0.25) is 0 Å². The van der Waals surface area contributed by atoms with Gasteiger partial charge in [-0.05, 0) is 152 Å². The van der Waals surface area contributed by atoms with Crippen LogP contribution in [0.2, 0.25) is 0 Å². The van der Waals surface area contributed by atoms with Gasteiger partial charge < -0.3 is 4.90 Å². The zero-order valence-electron chi connectivity index (χ0n) is 32.7. The molecule has 0 amide bonds. The fraction of sp³-hybridized carbons (Fsp3) is 0.766. The number of carbonyl (C=O) groups excluding carboxylic acids is 1. The van der Waals surface area contributed by atoms with Crippen LogP contribution in [-0.2, 0) is 4.79 Å². The molecular weight excluding hydrogens is 595 g/mol. The lowest BCUT2D eigenvalue weighted by Gasteiger charge is -2.44. The zero-order valence-corrected chi connectivity index (χ0v) is 32.7. The number of fused-ring (bicyclic) bond motifs is 1. The number of Topliss-reactive ketones (excluding diaryl/α,β-unsaturated/α-hetero) is 1. The maximum absolute atomic E-state index is 13.2. The molecular formula is C47H81NO. The first-order valence-corrected chi connectivity index (χ1v) is 20.7. The Balaban J connectivity index is 0.00000833. The summed E-state index contributed by atoms with van der Waals surface area (Å²) in [6.45, 7) is 15.6. The molecule has 3 rings (SSSR count). The average Bonchev–Trinajstić information content (AvgIpc) is 3.41. The summed E-state index contributed by atoms with van der Waals surface area (Å²) in [5.74, 6) is 3.99. The average molecular weight is 676 g/mol. The summed E-state index contributed by atoms with van der Waals surface area (Å²) in [7, 11) is 4.30. The predicted molar refractivity (Wildman–Crippen MR) is 218 cm³/mol. The lowest BCUT2D eigenvalue weighted by Crippen LogP contribution is -2.36. The highest BCUT2D eigenvalue weighted by atomic mass is 16.1. The van der Waals surface area contributed by atoms with Gasteiger partial charge in [-0.15, -0.1) is 0 Å².